The van der Waals surface area contributed by atoms with Gasteiger partial charge < -0.3 is 15.4 Å². The number of rotatable bonds is 6. The van der Waals surface area contributed by atoms with Crippen molar-refractivity contribution >= 4 is 49.9 Å². The van der Waals surface area contributed by atoms with Crippen LogP contribution in [0.5, 0.6) is 0 Å². The Kier molecular flexibility index (Phi) is 4.78. The van der Waals surface area contributed by atoms with E-state index in [1.54, 1.807) is 11.3 Å². The third kappa shape index (κ3) is 3.64. The fraction of sp³-hybridized carbons (Fsp3) is 0.316. The zero-order valence-electron chi connectivity index (χ0n) is 15.3. The molecule has 28 heavy (non-hydrogen) atoms. The molecule has 0 radical (unpaired) electrons. The van der Waals surface area contributed by atoms with Crippen LogP contribution in [-0.2, 0) is 4.74 Å². The number of nitrogens with one attached hydrogen (secondary N) is 3. The Balaban J connectivity index is 1.34. The van der Waals surface area contributed by atoms with Crippen molar-refractivity contribution in [2.45, 2.75) is 0 Å². The lowest BCUT2D eigenvalue weighted by Crippen LogP contribution is -2.39. The molecule has 5 rings (SSSR count). The molecule has 0 saturated carbocycles. The van der Waals surface area contributed by atoms with Crippen LogP contribution < -0.4 is 10.6 Å². The van der Waals surface area contributed by atoms with Gasteiger partial charge in [0.1, 0.15) is 0 Å². The van der Waals surface area contributed by atoms with Crippen LogP contribution in [0.15, 0.2) is 35.8 Å². The van der Waals surface area contributed by atoms with Crippen molar-refractivity contribution in [3.05, 3.63) is 35.8 Å². The first-order chi connectivity index (χ1) is 13.8. The van der Waals surface area contributed by atoms with E-state index in [1.807, 2.05) is 29.8 Å². The van der Waals surface area contributed by atoms with Crippen molar-refractivity contribution in [1.82, 2.24) is 25.1 Å². The highest BCUT2D eigenvalue weighted by molar-refractivity contribution is 7.17. The molecule has 1 aromatic carbocycles. The Labute approximate surface area is 165 Å². The monoisotopic (exact) mass is 395 g/mol. The smallest absolute Gasteiger partial charge is 0.225 e. The van der Waals surface area contributed by atoms with Crippen LogP contribution in [0.3, 0.4) is 0 Å². The van der Waals surface area contributed by atoms with E-state index in [-0.39, 0.29) is 0 Å². The van der Waals surface area contributed by atoms with Crippen molar-refractivity contribution in [3.63, 3.8) is 0 Å². The number of aromatic nitrogens is 4. The molecule has 1 saturated heterocycles. The average Bonchev–Trinajstić information content (AvgIpc) is 3.37. The second-order valence-corrected chi connectivity index (χ2v) is 7.62. The van der Waals surface area contributed by atoms with Crippen LogP contribution in [-0.4, -0.2) is 64.5 Å². The van der Waals surface area contributed by atoms with Gasteiger partial charge in [0.25, 0.3) is 0 Å². The predicted octanol–water partition coefficient (Wildman–Crippen LogP) is 3.06. The van der Waals surface area contributed by atoms with Crippen LogP contribution in [0.2, 0.25) is 0 Å². The second-order valence-electron chi connectivity index (χ2n) is 6.71. The molecule has 4 aromatic rings. The first-order valence-electron chi connectivity index (χ1n) is 9.34. The number of hydrogen-bond acceptors (Lipinski definition) is 8. The molecule has 0 bridgehead atoms. The van der Waals surface area contributed by atoms with Gasteiger partial charge in [-0.25, -0.2) is 4.98 Å². The molecule has 1 fully saturated rings. The molecule has 1 aliphatic heterocycles. The average molecular weight is 395 g/mol. The maximum absolute atomic E-state index is 5.40. The van der Waals surface area contributed by atoms with E-state index in [2.05, 4.69) is 36.8 Å². The third-order valence-electron chi connectivity index (χ3n) is 4.82. The van der Waals surface area contributed by atoms with Crippen molar-refractivity contribution < 1.29 is 4.74 Å². The highest BCUT2D eigenvalue weighted by atomic mass is 32.1. The van der Waals surface area contributed by atoms with E-state index in [9.17, 15) is 0 Å². The first kappa shape index (κ1) is 17.4. The normalized spacial score (nSPS) is 15.3. The molecular formula is C19H21N7OS. The third-order valence-corrected chi connectivity index (χ3v) is 5.73. The summed E-state index contributed by atoms with van der Waals surface area (Å²) >= 11 is 1.64. The fourth-order valence-corrected chi connectivity index (χ4v) is 4.11. The Bertz CT molecular complexity index is 1090. The van der Waals surface area contributed by atoms with Crippen molar-refractivity contribution in [3.8, 4) is 0 Å². The van der Waals surface area contributed by atoms with Gasteiger partial charge in [-0.15, -0.1) is 11.3 Å². The maximum atomic E-state index is 5.40. The lowest BCUT2D eigenvalue weighted by Gasteiger charge is -2.26. The zero-order chi connectivity index (χ0) is 18.8. The van der Waals surface area contributed by atoms with Gasteiger partial charge in [-0.2, -0.15) is 10.1 Å². The number of anilines is 3. The molecule has 3 aromatic heterocycles. The molecule has 0 aliphatic carbocycles. The van der Waals surface area contributed by atoms with Crippen LogP contribution in [0, 0.1) is 0 Å². The fourth-order valence-electron chi connectivity index (χ4n) is 3.34. The summed E-state index contributed by atoms with van der Waals surface area (Å²) in [6.07, 6.45) is 1.82. The summed E-state index contributed by atoms with van der Waals surface area (Å²) in [4.78, 5) is 11.8. The quantitative estimate of drug-likeness (QED) is 0.462. The number of H-pyrrole nitrogens is 1. The zero-order valence-corrected chi connectivity index (χ0v) is 16.1. The topological polar surface area (TPSA) is 91.0 Å². The molecule has 0 unspecified atom stereocenters. The molecule has 9 heteroatoms. The molecule has 4 heterocycles. The molecule has 0 amide bonds. The molecule has 3 N–H and O–H groups in total. The number of nitrogens with zero attached hydrogens (tertiary/aromatic N) is 4. The van der Waals surface area contributed by atoms with E-state index in [1.165, 1.54) is 0 Å². The highest BCUT2D eigenvalue weighted by Crippen LogP contribution is 2.30. The maximum Gasteiger partial charge on any atom is 0.225 e. The van der Waals surface area contributed by atoms with E-state index in [0.717, 1.165) is 72.0 Å². The number of morpholine rings is 1. The van der Waals surface area contributed by atoms with E-state index in [0.29, 0.717) is 5.95 Å². The molecule has 144 valence electrons. The Morgan fingerprint density at radius 1 is 1.18 bits per heavy atom. The number of thiophene rings is 1. The van der Waals surface area contributed by atoms with Crippen LogP contribution in [0.25, 0.3) is 21.1 Å². The largest absolute Gasteiger partial charge is 0.379 e. The number of benzene rings is 1. The van der Waals surface area contributed by atoms with Gasteiger partial charge in [0, 0.05) is 37.3 Å². The van der Waals surface area contributed by atoms with Gasteiger partial charge in [-0.3, -0.25) is 10.00 Å². The highest BCUT2D eigenvalue weighted by Gasteiger charge is 2.12. The van der Waals surface area contributed by atoms with E-state index < -0.39 is 0 Å². The van der Waals surface area contributed by atoms with Crippen LogP contribution in [0.1, 0.15) is 0 Å². The van der Waals surface area contributed by atoms with Crippen LogP contribution in [0.4, 0.5) is 17.5 Å². The summed E-state index contributed by atoms with van der Waals surface area (Å²) in [6.45, 7) is 5.34. The predicted molar refractivity (Wildman–Crippen MR) is 113 cm³/mol. The number of fused-ring (bicyclic) bond motifs is 2. The van der Waals surface area contributed by atoms with E-state index >= 15 is 0 Å². The summed E-state index contributed by atoms with van der Waals surface area (Å²) in [5.74, 6) is 1.46. The molecule has 8 nitrogen and oxygen atoms in total. The van der Waals surface area contributed by atoms with Crippen molar-refractivity contribution in [2.75, 3.05) is 50.0 Å². The molecular weight excluding hydrogens is 374 g/mol. The van der Waals surface area contributed by atoms with Gasteiger partial charge in [0.05, 0.1) is 35.1 Å². The van der Waals surface area contributed by atoms with Gasteiger partial charge >= 0.3 is 0 Å². The summed E-state index contributed by atoms with van der Waals surface area (Å²) in [7, 11) is 0. The van der Waals surface area contributed by atoms with Gasteiger partial charge in [0.2, 0.25) is 5.95 Å². The lowest BCUT2D eigenvalue weighted by atomic mass is 10.2. The molecule has 0 spiro atoms. The number of aromatic amines is 1. The summed E-state index contributed by atoms with van der Waals surface area (Å²) in [6, 6.07) is 8.12. The van der Waals surface area contributed by atoms with Crippen molar-refractivity contribution in [1.29, 1.82) is 0 Å². The van der Waals surface area contributed by atoms with Gasteiger partial charge in [-0.05, 0) is 29.6 Å². The minimum atomic E-state index is 0.644. The minimum absolute atomic E-state index is 0.644. The minimum Gasteiger partial charge on any atom is -0.379 e. The van der Waals surface area contributed by atoms with Gasteiger partial charge in [0.15, 0.2) is 5.82 Å². The van der Waals surface area contributed by atoms with Crippen molar-refractivity contribution in [2.24, 2.45) is 0 Å². The number of ether oxygens (including phenoxy) is 1. The van der Waals surface area contributed by atoms with E-state index in [4.69, 9.17) is 9.72 Å². The first-order valence-corrected chi connectivity index (χ1v) is 10.2. The standard InChI is InChI=1S/C19H21N7OS/c1-2-15-13(12-21-25-15)11-14(1)22-18-17-16(3-10-28-17)23-19(24-18)20-4-5-26-6-8-27-9-7-26/h1-3,10-12H,4-9H2,(H,21,25)(H2,20,22,23,24). The van der Waals surface area contributed by atoms with Crippen LogP contribution >= 0.6 is 11.3 Å². The van der Waals surface area contributed by atoms with Gasteiger partial charge in [-0.1, -0.05) is 0 Å². The Morgan fingerprint density at radius 3 is 3.04 bits per heavy atom. The number of hydrogen-bond donors (Lipinski definition) is 3. The summed E-state index contributed by atoms with van der Waals surface area (Å²) < 4.78 is 6.45. The summed E-state index contributed by atoms with van der Waals surface area (Å²) in [5.41, 5.74) is 2.93. The molecule has 0 atom stereocenters. The Hall–Kier alpha value is -2.75. The second kappa shape index (κ2) is 7.70. The SMILES string of the molecule is c1cc2nc(NCCN3CCOCC3)nc(Nc3ccc4[nH]ncc4c3)c2s1. The summed E-state index contributed by atoms with van der Waals surface area (Å²) in [5, 5.41) is 17.0. The molecule has 1 aliphatic rings. The lowest BCUT2D eigenvalue weighted by molar-refractivity contribution is 0.0398. The Morgan fingerprint density at radius 2 is 2.11 bits per heavy atom.